The van der Waals surface area contributed by atoms with Crippen LogP contribution in [0.15, 0.2) is 89.7 Å². The maximum absolute atomic E-state index is 13.0. The number of benzene rings is 4. The molecule has 0 N–H and O–H groups in total. The van der Waals surface area contributed by atoms with Gasteiger partial charge in [0.1, 0.15) is 12.4 Å². The van der Waals surface area contributed by atoms with Crippen molar-refractivity contribution in [1.82, 2.24) is 9.38 Å². The third-order valence-electron chi connectivity index (χ3n) is 5.66. The average molecular weight is 560 g/mol. The smallest absolute Gasteiger partial charge is 0.274 e. The van der Waals surface area contributed by atoms with E-state index in [2.05, 4.69) is 64.0 Å². The number of hydrogen-bond acceptors (Lipinski definition) is 4. The third-order valence-corrected chi connectivity index (χ3v) is 7.47. The molecule has 0 aliphatic heterocycles. The van der Waals surface area contributed by atoms with Gasteiger partial charge in [-0.3, -0.25) is 4.79 Å². The second kappa shape index (κ2) is 8.28. The number of ether oxygens (including phenoxy) is 1. The Balaban J connectivity index is 1.30. The van der Waals surface area contributed by atoms with Crippen LogP contribution in [0.5, 0.6) is 5.75 Å². The van der Waals surface area contributed by atoms with Gasteiger partial charge in [0.25, 0.3) is 5.56 Å². The molecule has 0 fully saturated rings. The predicted octanol–water partition coefficient (Wildman–Crippen LogP) is 5.79. The van der Waals surface area contributed by atoms with Gasteiger partial charge in [0.05, 0.1) is 19.1 Å². The summed E-state index contributed by atoms with van der Waals surface area (Å²) in [5.41, 5.74) is 3.78. The van der Waals surface area contributed by atoms with Crippen molar-refractivity contribution in [2.24, 2.45) is 0 Å². The van der Waals surface area contributed by atoms with Crippen LogP contribution in [0, 0.1) is 3.57 Å². The summed E-state index contributed by atoms with van der Waals surface area (Å²) in [6.45, 7) is 0.500. The second-order valence-corrected chi connectivity index (χ2v) is 9.92. The van der Waals surface area contributed by atoms with Gasteiger partial charge >= 0.3 is 0 Å². The van der Waals surface area contributed by atoms with Gasteiger partial charge in [0, 0.05) is 0 Å². The van der Waals surface area contributed by atoms with E-state index in [1.54, 1.807) is 4.40 Å². The van der Waals surface area contributed by atoms with Crippen LogP contribution < -0.4 is 14.8 Å². The van der Waals surface area contributed by atoms with Crippen LogP contribution in [0.25, 0.3) is 32.8 Å². The first-order valence-corrected chi connectivity index (χ1v) is 12.4. The Morgan fingerprint density at radius 1 is 0.970 bits per heavy atom. The Kier molecular flexibility index (Phi) is 5.11. The SMILES string of the molecule is O=c1/c(=C/c2ccc(OCc3cccc4ccccc34)c(I)c2)sc2nc3ccccc3n12. The first-order chi connectivity index (χ1) is 16.2. The van der Waals surface area contributed by atoms with Gasteiger partial charge in [-0.15, -0.1) is 0 Å². The molecule has 0 saturated carbocycles. The molecular weight excluding hydrogens is 543 g/mol. The monoisotopic (exact) mass is 560 g/mol. The molecule has 4 aromatic carbocycles. The normalized spacial score (nSPS) is 12.2. The van der Waals surface area contributed by atoms with E-state index >= 15 is 0 Å². The lowest BCUT2D eigenvalue weighted by Gasteiger charge is -2.11. The van der Waals surface area contributed by atoms with Gasteiger partial charge in [0.15, 0.2) is 4.96 Å². The molecule has 0 unspecified atom stereocenters. The standard InChI is InChI=1S/C27H17IN2O2S/c28-21-14-17(15-25-26(31)30-23-11-4-3-10-22(23)29-27(30)33-25)12-13-24(21)32-16-19-8-5-7-18-6-1-2-9-20(18)19/h1-15H,16H2/b25-15-. The lowest BCUT2D eigenvalue weighted by Crippen LogP contribution is -2.22. The summed E-state index contributed by atoms with van der Waals surface area (Å²) in [5.74, 6) is 0.829. The summed E-state index contributed by atoms with van der Waals surface area (Å²) >= 11 is 3.70. The van der Waals surface area contributed by atoms with Crippen molar-refractivity contribution >= 4 is 66.8 Å². The van der Waals surface area contributed by atoms with E-state index in [1.165, 1.54) is 22.1 Å². The molecule has 4 nitrogen and oxygen atoms in total. The summed E-state index contributed by atoms with van der Waals surface area (Å²) in [6.07, 6.45) is 1.92. The number of rotatable bonds is 4. The maximum atomic E-state index is 13.0. The third kappa shape index (κ3) is 3.69. The zero-order chi connectivity index (χ0) is 22.4. The summed E-state index contributed by atoms with van der Waals surface area (Å²) < 4.78 is 9.51. The van der Waals surface area contributed by atoms with Crippen LogP contribution in [0.1, 0.15) is 11.1 Å². The highest BCUT2D eigenvalue weighted by Crippen LogP contribution is 2.25. The van der Waals surface area contributed by atoms with Gasteiger partial charge in [-0.05, 0) is 74.8 Å². The summed E-state index contributed by atoms with van der Waals surface area (Å²) in [5, 5.41) is 2.42. The van der Waals surface area contributed by atoms with Crippen LogP contribution in [0.3, 0.4) is 0 Å². The highest BCUT2D eigenvalue weighted by atomic mass is 127. The molecule has 0 aliphatic carbocycles. The number of nitrogens with zero attached hydrogens (tertiary/aromatic N) is 2. The minimum Gasteiger partial charge on any atom is -0.488 e. The summed E-state index contributed by atoms with van der Waals surface area (Å²) in [4.78, 5) is 18.3. The molecule has 0 atom stereocenters. The predicted molar refractivity (Wildman–Crippen MR) is 143 cm³/mol. The van der Waals surface area contributed by atoms with E-state index in [0.717, 1.165) is 36.4 Å². The molecule has 0 amide bonds. The molecule has 6 aromatic rings. The fourth-order valence-electron chi connectivity index (χ4n) is 4.06. The van der Waals surface area contributed by atoms with Crippen molar-refractivity contribution in [2.75, 3.05) is 0 Å². The largest absolute Gasteiger partial charge is 0.488 e. The minimum absolute atomic E-state index is 0.0324. The highest BCUT2D eigenvalue weighted by molar-refractivity contribution is 14.1. The number of halogens is 1. The van der Waals surface area contributed by atoms with E-state index < -0.39 is 0 Å². The molecular formula is C27H17IN2O2S. The van der Waals surface area contributed by atoms with Crippen molar-refractivity contribution in [3.05, 3.63) is 115 Å². The Bertz CT molecular complexity index is 1770. The van der Waals surface area contributed by atoms with Crippen LogP contribution in [0.4, 0.5) is 0 Å². The van der Waals surface area contributed by atoms with E-state index in [-0.39, 0.29) is 5.56 Å². The molecule has 0 saturated heterocycles. The molecule has 0 bridgehead atoms. The van der Waals surface area contributed by atoms with Crippen molar-refractivity contribution < 1.29 is 4.74 Å². The molecule has 6 rings (SSSR count). The number of imidazole rings is 1. The zero-order valence-corrected chi connectivity index (χ0v) is 20.3. The van der Waals surface area contributed by atoms with Gasteiger partial charge < -0.3 is 4.74 Å². The van der Waals surface area contributed by atoms with E-state index in [4.69, 9.17) is 4.74 Å². The molecule has 6 heteroatoms. The fraction of sp³-hybridized carbons (Fsp3) is 0.0370. The van der Waals surface area contributed by atoms with E-state index in [1.807, 2.05) is 54.6 Å². The van der Waals surface area contributed by atoms with Gasteiger partial charge in [0.2, 0.25) is 0 Å². The van der Waals surface area contributed by atoms with Gasteiger partial charge in [-0.2, -0.15) is 0 Å². The number of hydrogen-bond donors (Lipinski definition) is 0. The van der Waals surface area contributed by atoms with Gasteiger partial charge in [-0.25, -0.2) is 9.38 Å². The van der Waals surface area contributed by atoms with Crippen LogP contribution in [-0.4, -0.2) is 9.38 Å². The molecule has 33 heavy (non-hydrogen) atoms. The number of fused-ring (bicyclic) bond motifs is 4. The lowest BCUT2D eigenvalue weighted by molar-refractivity contribution is 0.305. The first kappa shape index (κ1) is 20.4. The van der Waals surface area contributed by atoms with Crippen molar-refractivity contribution in [3.63, 3.8) is 0 Å². The summed E-state index contributed by atoms with van der Waals surface area (Å²) in [6, 6.07) is 28.3. The lowest BCUT2D eigenvalue weighted by atomic mass is 10.1. The Labute approximate surface area is 206 Å². The van der Waals surface area contributed by atoms with Crippen molar-refractivity contribution in [2.45, 2.75) is 6.61 Å². The van der Waals surface area contributed by atoms with E-state index in [0.29, 0.717) is 11.1 Å². The Morgan fingerprint density at radius 3 is 2.70 bits per heavy atom. The van der Waals surface area contributed by atoms with Gasteiger partial charge in [-0.1, -0.05) is 72.0 Å². The first-order valence-electron chi connectivity index (χ1n) is 10.5. The maximum Gasteiger partial charge on any atom is 0.274 e. The Hall–Kier alpha value is -3.23. The fourth-order valence-corrected chi connectivity index (χ4v) is 5.74. The zero-order valence-electron chi connectivity index (χ0n) is 17.4. The van der Waals surface area contributed by atoms with Crippen molar-refractivity contribution in [3.8, 4) is 5.75 Å². The van der Waals surface area contributed by atoms with Crippen LogP contribution in [0.2, 0.25) is 0 Å². The second-order valence-electron chi connectivity index (χ2n) is 7.75. The average Bonchev–Trinajstić information content (AvgIpc) is 3.34. The number of para-hydroxylation sites is 2. The highest BCUT2D eigenvalue weighted by Gasteiger charge is 2.11. The van der Waals surface area contributed by atoms with E-state index in [9.17, 15) is 4.79 Å². The molecule has 0 radical (unpaired) electrons. The molecule has 0 aliphatic rings. The summed E-state index contributed by atoms with van der Waals surface area (Å²) in [7, 11) is 0. The quantitative estimate of drug-likeness (QED) is 0.257. The minimum atomic E-state index is -0.0324. The molecule has 160 valence electrons. The molecule has 2 aromatic heterocycles. The topological polar surface area (TPSA) is 43.6 Å². The molecule has 2 heterocycles. The van der Waals surface area contributed by atoms with Crippen molar-refractivity contribution in [1.29, 1.82) is 0 Å². The molecule has 0 spiro atoms. The number of aromatic nitrogens is 2. The Morgan fingerprint density at radius 2 is 1.79 bits per heavy atom. The van der Waals surface area contributed by atoms with Crippen LogP contribution >= 0.6 is 33.9 Å². The number of thiazole rings is 1. The van der Waals surface area contributed by atoms with Crippen LogP contribution in [-0.2, 0) is 6.61 Å².